The topological polar surface area (TPSA) is 12.0 Å². The number of nitrogens with one attached hydrogen (secondary N) is 1. The van der Waals surface area contributed by atoms with Gasteiger partial charge in [0.05, 0.1) is 0 Å². The van der Waals surface area contributed by atoms with Crippen LogP contribution in [0.3, 0.4) is 0 Å². The second-order valence-electron chi connectivity index (χ2n) is 3.72. The number of hydrogen-bond donors (Lipinski definition) is 1. The van der Waals surface area contributed by atoms with Crippen LogP contribution in [-0.4, -0.2) is 7.05 Å². The molecule has 82 valence electrons. The second-order valence-corrected chi connectivity index (χ2v) is 4.57. The van der Waals surface area contributed by atoms with Crippen LogP contribution in [0.15, 0.2) is 35.3 Å². The summed E-state index contributed by atoms with van der Waals surface area (Å²) >= 11 is 3.56. The fraction of sp³-hybridized carbons (Fsp3) is 0.385. The lowest BCUT2D eigenvalue weighted by Crippen LogP contribution is -2.16. The minimum atomic E-state index is 0.417. The van der Waals surface area contributed by atoms with Crippen molar-refractivity contribution in [2.75, 3.05) is 7.05 Å². The molecule has 1 rings (SSSR count). The summed E-state index contributed by atoms with van der Waals surface area (Å²) in [6, 6.07) is 6.95. The van der Waals surface area contributed by atoms with Gasteiger partial charge in [0.15, 0.2) is 0 Å². The summed E-state index contributed by atoms with van der Waals surface area (Å²) in [6.45, 7) is 5.86. The summed E-state index contributed by atoms with van der Waals surface area (Å²) in [5.74, 6) is 0. The van der Waals surface area contributed by atoms with Crippen LogP contribution in [0.5, 0.6) is 0 Å². The van der Waals surface area contributed by atoms with E-state index >= 15 is 0 Å². The molecule has 0 amide bonds. The molecule has 0 fully saturated rings. The Bertz CT molecular complexity index is 333. The normalized spacial score (nSPS) is 12.5. The van der Waals surface area contributed by atoms with E-state index in [9.17, 15) is 0 Å². The lowest BCUT2D eigenvalue weighted by molar-refractivity contribution is 0.554. The van der Waals surface area contributed by atoms with E-state index in [0.29, 0.717) is 6.04 Å². The number of rotatable bonds is 5. The van der Waals surface area contributed by atoms with Crippen molar-refractivity contribution in [3.8, 4) is 0 Å². The minimum Gasteiger partial charge on any atom is -0.313 e. The van der Waals surface area contributed by atoms with E-state index in [-0.39, 0.29) is 0 Å². The molecule has 1 atom stereocenters. The van der Waals surface area contributed by atoms with Gasteiger partial charge in [-0.2, -0.15) is 0 Å². The first-order valence-corrected chi connectivity index (χ1v) is 6.02. The van der Waals surface area contributed by atoms with Crippen LogP contribution in [0.2, 0.25) is 0 Å². The predicted octanol–water partition coefficient (Wildman–Crippen LogP) is 3.98. The molecule has 0 aliphatic heterocycles. The summed E-state index contributed by atoms with van der Waals surface area (Å²) < 4.78 is 1.18. The molecule has 1 aromatic carbocycles. The average molecular weight is 268 g/mol. The Hall–Kier alpha value is -0.600. The SMILES string of the molecule is C=CCCC(NC)c1ccc(C)c(Br)c1. The molecular weight excluding hydrogens is 250 g/mol. The molecule has 15 heavy (non-hydrogen) atoms. The van der Waals surface area contributed by atoms with Crippen molar-refractivity contribution in [1.82, 2.24) is 5.32 Å². The maximum absolute atomic E-state index is 3.76. The van der Waals surface area contributed by atoms with Gasteiger partial charge in [-0.05, 0) is 44.0 Å². The third-order valence-corrected chi connectivity index (χ3v) is 3.46. The van der Waals surface area contributed by atoms with Crippen LogP contribution in [0.1, 0.15) is 30.0 Å². The van der Waals surface area contributed by atoms with E-state index < -0.39 is 0 Å². The van der Waals surface area contributed by atoms with E-state index in [1.807, 2.05) is 13.1 Å². The highest BCUT2D eigenvalue weighted by molar-refractivity contribution is 9.10. The van der Waals surface area contributed by atoms with Gasteiger partial charge in [0.1, 0.15) is 0 Å². The van der Waals surface area contributed by atoms with Crippen molar-refractivity contribution in [2.45, 2.75) is 25.8 Å². The van der Waals surface area contributed by atoms with Crippen LogP contribution >= 0.6 is 15.9 Å². The van der Waals surface area contributed by atoms with Crippen LogP contribution in [-0.2, 0) is 0 Å². The molecule has 1 N–H and O–H groups in total. The van der Waals surface area contributed by atoms with E-state index in [0.717, 1.165) is 12.8 Å². The number of benzene rings is 1. The van der Waals surface area contributed by atoms with E-state index in [2.05, 4.69) is 52.9 Å². The molecule has 0 aliphatic rings. The zero-order valence-electron chi connectivity index (χ0n) is 9.39. The minimum absolute atomic E-state index is 0.417. The third kappa shape index (κ3) is 3.47. The van der Waals surface area contributed by atoms with Crippen molar-refractivity contribution >= 4 is 15.9 Å². The number of halogens is 1. The van der Waals surface area contributed by atoms with Crippen molar-refractivity contribution in [1.29, 1.82) is 0 Å². The number of allylic oxidation sites excluding steroid dienone is 1. The Labute approximate surface area is 101 Å². The van der Waals surface area contributed by atoms with Crippen molar-refractivity contribution in [3.63, 3.8) is 0 Å². The van der Waals surface area contributed by atoms with Gasteiger partial charge in [-0.3, -0.25) is 0 Å². The van der Waals surface area contributed by atoms with E-state index in [1.54, 1.807) is 0 Å². The molecule has 1 aromatic rings. The van der Waals surface area contributed by atoms with Gasteiger partial charge in [0, 0.05) is 10.5 Å². The molecule has 0 saturated carbocycles. The maximum Gasteiger partial charge on any atom is 0.0320 e. The fourth-order valence-corrected chi connectivity index (χ4v) is 1.98. The van der Waals surface area contributed by atoms with Gasteiger partial charge in [-0.15, -0.1) is 6.58 Å². The van der Waals surface area contributed by atoms with Crippen molar-refractivity contribution in [2.24, 2.45) is 0 Å². The average Bonchev–Trinajstić information content (AvgIpc) is 2.24. The highest BCUT2D eigenvalue weighted by Gasteiger charge is 2.08. The van der Waals surface area contributed by atoms with Gasteiger partial charge in [0.25, 0.3) is 0 Å². The summed E-state index contributed by atoms with van der Waals surface area (Å²) in [5, 5.41) is 3.33. The van der Waals surface area contributed by atoms with Gasteiger partial charge >= 0.3 is 0 Å². The van der Waals surface area contributed by atoms with Gasteiger partial charge < -0.3 is 5.32 Å². The summed E-state index contributed by atoms with van der Waals surface area (Å²) in [6.07, 6.45) is 4.10. The van der Waals surface area contributed by atoms with E-state index in [1.165, 1.54) is 15.6 Å². The monoisotopic (exact) mass is 267 g/mol. The predicted molar refractivity (Wildman–Crippen MR) is 70.1 cm³/mol. The van der Waals surface area contributed by atoms with Crippen molar-refractivity contribution < 1.29 is 0 Å². The molecule has 0 saturated heterocycles. The molecule has 0 heterocycles. The Morgan fingerprint density at radius 1 is 1.53 bits per heavy atom. The first kappa shape index (κ1) is 12.5. The Morgan fingerprint density at radius 3 is 2.80 bits per heavy atom. The standard InChI is InChI=1S/C13H18BrN/c1-4-5-6-13(15-3)11-8-7-10(2)12(14)9-11/h4,7-9,13,15H,1,5-6H2,2-3H3. The summed E-state index contributed by atoms with van der Waals surface area (Å²) in [5.41, 5.74) is 2.61. The van der Waals surface area contributed by atoms with Gasteiger partial charge in [0.2, 0.25) is 0 Å². The molecule has 0 bridgehead atoms. The van der Waals surface area contributed by atoms with Crippen LogP contribution in [0.25, 0.3) is 0 Å². The molecule has 0 radical (unpaired) electrons. The third-order valence-electron chi connectivity index (χ3n) is 2.61. The molecule has 0 aromatic heterocycles. The molecule has 1 nitrogen and oxygen atoms in total. The largest absolute Gasteiger partial charge is 0.313 e. The Morgan fingerprint density at radius 2 is 2.27 bits per heavy atom. The molecule has 2 heteroatoms. The first-order chi connectivity index (χ1) is 7.19. The highest BCUT2D eigenvalue weighted by Crippen LogP contribution is 2.24. The second kappa shape index (κ2) is 6.09. The molecule has 0 aliphatic carbocycles. The van der Waals surface area contributed by atoms with Gasteiger partial charge in [-0.25, -0.2) is 0 Å². The van der Waals surface area contributed by atoms with Crippen molar-refractivity contribution in [3.05, 3.63) is 46.5 Å². The Balaban J connectivity index is 2.82. The lowest BCUT2D eigenvalue weighted by atomic mass is 10.0. The number of aryl methyl sites for hydroxylation is 1. The first-order valence-electron chi connectivity index (χ1n) is 5.23. The summed E-state index contributed by atoms with van der Waals surface area (Å²) in [7, 11) is 2.00. The molecule has 0 spiro atoms. The summed E-state index contributed by atoms with van der Waals surface area (Å²) in [4.78, 5) is 0. The zero-order chi connectivity index (χ0) is 11.3. The zero-order valence-corrected chi connectivity index (χ0v) is 11.0. The quantitative estimate of drug-likeness (QED) is 0.796. The molecule has 1 unspecified atom stereocenters. The number of hydrogen-bond acceptors (Lipinski definition) is 1. The van der Waals surface area contributed by atoms with Gasteiger partial charge in [-0.1, -0.05) is 34.1 Å². The van der Waals surface area contributed by atoms with E-state index in [4.69, 9.17) is 0 Å². The van der Waals surface area contributed by atoms with Crippen LogP contribution < -0.4 is 5.32 Å². The van der Waals surface area contributed by atoms with Crippen LogP contribution in [0.4, 0.5) is 0 Å². The highest BCUT2D eigenvalue weighted by atomic mass is 79.9. The lowest BCUT2D eigenvalue weighted by Gasteiger charge is -2.16. The van der Waals surface area contributed by atoms with Crippen LogP contribution in [0, 0.1) is 6.92 Å². The fourth-order valence-electron chi connectivity index (χ4n) is 1.59. The Kier molecular flexibility index (Phi) is 5.06. The maximum atomic E-state index is 3.76. The smallest absolute Gasteiger partial charge is 0.0320 e. The molecular formula is C13H18BrN.